The van der Waals surface area contributed by atoms with Crippen molar-refractivity contribution in [2.75, 3.05) is 32.1 Å². The van der Waals surface area contributed by atoms with Crippen LogP contribution in [0.3, 0.4) is 0 Å². The molecule has 27 heavy (non-hydrogen) atoms. The lowest BCUT2D eigenvalue weighted by molar-refractivity contribution is 0.148. The minimum Gasteiger partial charge on any atom is -0.478 e. The number of amides is 2. The molecule has 2 amide bonds. The molecule has 0 bridgehead atoms. The smallest absolute Gasteiger partial charge is 0.320 e. The molecule has 0 aliphatic carbocycles. The Bertz CT molecular complexity index is 732. The number of urea groups is 1. The first kappa shape index (κ1) is 18.9. The normalized spacial score (nSPS) is 14.7. The van der Waals surface area contributed by atoms with Gasteiger partial charge in [0.05, 0.1) is 6.61 Å². The Labute approximate surface area is 160 Å². The maximum absolute atomic E-state index is 12.7. The van der Waals surface area contributed by atoms with Crippen molar-refractivity contribution in [1.82, 2.24) is 19.8 Å². The average molecular weight is 369 g/mol. The number of anilines is 1. The van der Waals surface area contributed by atoms with Crippen LogP contribution in [0.15, 0.2) is 42.7 Å². The summed E-state index contributed by atoms with van der Waals surface area (Å²) < 4.78 is 5.41. The molecule has 3 rings (SSSR count). The second-order valence-electron chi connectivity index (χ2n) is 6.70. The summed E-state index contributed by atoms with van der Waals surface area (Å²) in [4.78, 5) is 24.7. The highest BCUT2D eigenvalue weighted by Crippen LogP contribution is 2.18. The zero-order valence-corrected chi connectivity index (χ0v) is 16.0. The Hall–Kier alpha value is -2.83. The molecule has 1 aromatic heterocycles. The lowest BCUT2D eigenvalue weighted by Gasteiger charge is -2.35. The molecular formula is C20H27N5O2. The van der Waals surface area contributed by atoms with Crippen LogP contribution < -0.4 is 10.1 Å². The highest BCUT2D eigenvalue weighted by atomic mass is 16.5. The predicted octanol–water partition coefficient (Wildman–Crippen LogP) is 3.00. The van der Waals surface area contributed by atoms with Crippen LogP contribution in [-0.2, 0) is 6.54 Å². The van der Waals surface area contributed by atoms with Crippen molar-refractivity contribution in [1.29, 1.82) is 0 Å². The Kier molecular flexibility index (Phi) is 6.46. The van der Waals surface area contributed by atoms with Crippen LogP contribution in [0.4, 0.5) is 10.6 Å². The first-order chi connectivity index (χ1) is 13.2. The Morgan fingerprint density at radius 1 is 1.26 bits per heavy atom. The van der Waals surface area contributed by atoms with Gasteiger partial charge in [0.2, 0.25) is 5.88 Å². The van der Waals surface area contributed by atoms with Crippen LogP contribution in [0, 0.1) is 0 Å². The number of piperidine rings is 1. The van der Waals surface area contributed by atoms with Gasteiger partial charge in [-0.25, -0.2) is 14.8 Å². The molecule has 144 valence electrons. The summed E-state index contributed by atoms with van der Waals surface area (Å²) in [6.07, 6.45) is 3.28. The van der Waals surface area contributed by atoms with Crippen molar-refractivity contribution in [2.45, 2.75) is 32.4 Å². The summed E-state index contributed by atoms with van der Waals surface area (Å²) in [6, 6.07) is 12.2. The number of nitrogens with one attached hydrogen (secondary N) is 1. The number of nitrogens with zero attached hydrogens (tertiary/aromatic N) is 4. The first-order valence-corrected chi connectivity index (χ1v) is 9.41. The van der Waals surface area contributed by atoms with Crippen LogP contribution in [-0.4, -0.2) is 58.6 Å². The van der Waals surface area contributed by atoms with Gasteiger partial charge in [0.25, 0.3) is 0 Å². The molecule has 2 aromatic rings. The standard InChI is InChI=1S/C20H27N5O2/c1-3-27-19-13-18(21-15-22-19)23-17-9-11-25(12-10-17)20(26)24(2)14-16-7-5-4-6-8-16/h4-8,13,15,17H,3,9-12,14H2,1-2H3,(H,21,22,23). The van der Waals surface area contributed by atoms with E-state index in [2.05, 4.69) is 15.3 Å². The third-order valence-corrected chi connectivity index (χ3v) is 4.64. The number of rotatable bonds is 6. The fourth-order valence-electron chi connectivity index (χ4n) is 3.24. The van der Waals surface area contributed by atoms with Gasteiger partial charge in [-0.1, -0.05) is 30.3 Å². The van der Waals surface area contributed by atoms with E-state index in [9.17, 15) is 4.79 Å². The minimum absolute atomic E-state index is 0.0815. The van der Waals surface area contributed by atoms with Gasteiger partial charge in [0.1, 0.15) is 12.1 Å². The fourth-order valence-corrected chi connectivity index (χ4v) is 3.24. The SMILES string of the molecule is CCOc1cc(NC2CCN(C(=O)N(C)Cc3ccccc3)CC2)ncn1. The van der Waals surface area contributed by atoms with Crippen LogP contribution in [0.1, 0.15) is 25.3 Å². The third kappa shape index (κ3) is 5.32. The van der Waals surface area contributed by atoms with E-state index in [0.717, 1.165) is 37.3 Å². The number of carbonyl (C=O) groups is 1. The molecule has 7 nitrogen and oxygen atoms in total. The Morgan fingerprint density at radius 3 is 2.70 bits per heavy atom. The molecule has 0 saturated carbocycles. The number of benzene rings is 1. The number of likely N-dealkylation sites (tertiary alicyclic amines) is 1. The summed E-state index contributed by atoms with van der Waals surface area (Å²) >= 11 is 0. The summed E-state index contributed by atoms with van der Waals surface area (Å²) in [5.41, 5.74) is 1.14. The van der Waals surface area contributed by atoms with E-state index in [4.69, 9.17) is 4.74 Å². The van der Waals surface area contributed by atoms with Crippen molar-refractivity contribution in [2.24, 2.45) is 0 Å². The van der Waals surface area contributed by atoms with E-state index < -0.39 is 0 Å². The van der Waals surface area contributed by atoms with Gasteiger partial charge in [-0.15, -0.1) is 0 Å². The minimum atomic E-state index is 0.0815. The van der Waals surface area contributed by atoms with Gasteiger partial charge >= 0.3 is 6.03 Å². The maximum Gasteiger partial charge on any atom is 0.320 e. The van der Waals surface area contributed by atoms with E-state index >= 15 is 0 Å². The molecule has 2 heterocycles. The topological polar surface area (TPSA) is 70.6 Å². The largest absolute Gasteiger partial charge is 0.478 e. The quantitative estimate of drug-likeness (QED) is 0.848. The number of carbonyl (C=O) groups excluding carboxylic acids is 1. The zero-order chi connectivity index (χ0) is 19.1. The summed E-state index contributed by atoms with van der Waals surface area (Å²) in [6.45, 7) is 4.60. The van der Waals surface area contributed by atoms with Crippen LogP contribution in [0.5, 0.6) is 5.88 Å². The molecule has 1 aliphatic rings. The molecule has 0 unspecified atom stereocenters. The molecule has 1 aliphatic heterocycles. The van der Waals surface area contributed by atoms with Gasteiger partial charge in [-0.05, 0) is 25.3 Å². The number of hydrogen-bond donors (Lipinski definition) is 1. The Balaban J connectivity index is 1.48. The summed E-state index contributed by atoms with van der Waals surface area (Å²) in [5, 5.41) is 3.43. The average Bonchev–Trinajstić information content (AvgIpc) is 2.69. The van der Waals surface area contributed by atoms with Crippen LogP contribution >= 0.6 is 0 Å². The number of ether oxygens (including phenoxy) is 1. The van der Waals surface area contributed by atoms with Crippen molar-refractivity contribution < 1.29 is 9.53 Å². The van der Waals surface area contributed by atoms with Crippen molar-refractivity contribution in [3.05, 3.63) is 48.3 Å². The van der Waals surface area contributed by atoms with Crippen LogP contribution in [0.2, 0.25) is 0 Å². The second-order valence-corrected chi connectivity index (χ2v) is 6.70. The van der Waals surface area contributed by atoms with Gasteiger partial charge < -0.3 is 19.9 Å². The zero-order valence-electron chi connectivity index (χ0n) is 16.0. The van der Waals surface area contributed by atoms with E-state index in [0.29, 0.717) is 19.0 Å². The molecule has 1 N–H and O–H groups in total. The first-order valence-electron chi connectivity index (χ1n) is 9.41. The molecule has 0 spiro atoms. The van der Waals surface area contributed by atoms with Gasteiger partial charge in [0.15, 0.2) is 0 Å². The van der Waals surface area contributed by atoms with Crippen molar-refractivity contribution in [3.63, 3.8) is 0 Å². The Morgan fingerprint density at radius 2 is 2.00 bits per heavy atom. The molecule has 1 saturated heterocycles. The fraction of sp³-hybridized carbons (Fsp3) is 0.450. The van der Waals surface area contributed by atoms with E-state index in [-0.39, 0.29) is 12.1 Å². The van der Waals surface area contributed by atoms with Gasteiger partial charge in [0, 0.05) is 38.8 Å². The molecule has 1 fully saturated rings. The molecule has 0 radical (unpaired) electrons. The molecule has 0 atom stereocenters. The highest BCUT2D eigenvalue weighted by molar-refractivity contribution is 5.74. The number of aromatic nitrogens is 2. The van der Waals surface area contributed by atoms with Crippen molar-refractivity contribution >= 4 is 11.8 Å². The van der Waals surface area contributed by atoms with Gasteiger partial charge in [-0.3, -0.25) is 0 Å². The van der Waals surface area contributed by atoms with E-state index in [1.807, 2.05) is 55.3 Å². The van der Waals surface area contributed by atoms with E-state index in [1.54, 1.807) is 4.90 Å². The highest BCUT2D eigenvalue weighted by Gasteiger charge is 2.25. The molecule has 1 aromatic carbocycles. The molecule has 7 heteroatoms. The maximum atomic E-state index is 12.7. The lowest BCUT2D eigenvalue weighted by atomic mass is 10.1. The predicted molar refractivity (Wildman–Crippen MR) is 105 cm³/mol. The second kappa shape index (κ2) is 9.21. The van der Waals surface area contributed by atoms with E-state index in [1.165, 1.54) is 6.33 Å². The lowest BCUT2D eigenvalue weighted by Crippen LogP contribution is -2.47. The summed E-state index contributed by atoms with van der Waals surface area (Å²) in [5.74, 6) is 1.34. The third-order valence-electron chi connectivity index (χ3n) is 4.64. The monoisotopic (exact) mass is 369 g/mol. The summed E-state index contributed by atoms with van der Waals surface area (Å²) in [7, 11) is 1.86. The molecular weight excluding hydrogens is 342 g/mol. The van der Waals surface area contributed by atoms with Crippen molar-refractivity contribution in [3.8, 4) is 5.88 Å². The number of hydrogen-bond acceptors (Lipinski definition) is 5. The van der Waals surface area contributed by atoms with Crippen LogP contribution in [0.25, 0.3) is 0 Å². The van der Waals surface area contributed by atoms with Gasteiger partial charge in [-0.2, -0.15) is 0 Å².